The molecular weight excluding hydrogens is 268 g/mol. The summed E-state index contributed by atoms with van der Waals surface area (Å²) in [6.07, 6.45) is 2.63. The van der Waals surface area contributed by atoms with E-state index in [9.17, 15) is 4.79 Å². The van der Waals surface area contributed by atoms with Crippen molar-refractivity contribution in [1.82, 2.24) is 0 Å². The molecule has 3 heteroatoms. The van der Waals surface area contributed by atoms with E-state index in [1.165, 1.54) is 10.5 Å². The Morgan fingerprint density at radius 1 is 1.05 bits per heavy atom. The average molecular weight is 287 g/mol. The van der Waals surface area contributed by atoms with Crippen LogP contribution in [0.1, 0.15) is 18.9 Å². The topological polar surface area (TPSA) is 26.3 Å². The van der Waals surface area contributed by atoms with E-state index in [0.717, 1.165) is 5.75 Å². The third-order valence-electron chi connectivity index (χ3n) is 2.97. The van der Waals surface area contributed by atoms with Gasteiger partial charge in [-0.2, -0.15) is 0 Å². The number of esters is 1. The predicted octanol–water partition coefficient (Wildman–Crippen LogP) is 3.81. The maximum absolute atomic E-state index is 11.2. The van der Waals surface area contributed by atoms with Crippen LogP contribution in [0.2, 0.25) is 0 Å². The van der Waals surface area contributed by atoms with Crippen LogP contribution >= 0.6 is 0 Å². The van der Waals surface area contributed by atoms with E-state index >= 15 is 0 Å². The molecule has 2 aromatic carbocycles. The van der Waals surface area contributed by atoms with Crippen LogP contribution in [0.15, 0.2) is 59.5 Å². The smallest absolute Gasteiger partial charge is 0.310 e. The summed E-state index contributed by atoms with van der Waals surface area (Å²) in [7, 11) is 0.152. The second-order valence-electron chi connectivity index (χ2n) is 4.57. The van der Waals surface area contributed by atoms with Gasteiger partial charge in [0.2, 0.25) is 0 Å². The summed E-state index contributed by atoms with van der Waals surface area (Å²) in [6.45, 7) is 1.79. The van der Waals surface area contributed by atoms with Crippen LogP contribution in [0.3, 0.4) is 0 Å². The van der Waals surface area contributed by atoms with Gasteiger partial charge in [-0.15, -0.1) is 0 Å². The van der Waals surface area contributed by atoms with Crippen molar-refractivity contribution in [1.29, 1.82) is 0 Å². The van der Waals surface area contributed by atoms with Gasteiger partial charge in [0, 0.05) is 22.9 Å². The first kappa shape index (κ1) is 14.7. The first-order chi connectivity index (χ1) is 9.69. The Morgan fingerprint density at radius 3 is 2.30 bits per heavy atom. The highest BCUT2D eigenvalue weighted by Crippen LogP contribution is 2.20. The van der Waals surface area contributed by atoms with Gasteiger partial charge in [-0.1, -0.05) is 37.3 Å². The zero-order valence-corrected chi connectivity index (χ0v) is 12.7. The molecule has 1 atom stereocenters. The summed E-state index contributed by atoms with van der Waals surface area (Å²) in [6, 6.07) is 18.3. The molecule has 0 saturated heterocycles. The number of carbonyl (C=O) groups is 1. The molecule has 0 aliphatic carbocycles. The molecule has 0 spiro atoms. The summed E-state index contributed by atoms with van der Waals surface area (Å²) in [4.78, 5) is 12.5. The third-order valence-corrected chi connectivity index (χ3v) is 4.82. The Balaban J connectivity index is 2.00. The van der Waals surface area contributed by atoms with Crippen LogP contribution in [-0.4, -0.2) is 12.2 Å². The van der Waals surface area contributed by atoms with Gasteiger partial charge in [0.05, 0.1) is 0 Å². The highest BCUT2D eigenvalue weighted by atomic mass is 32.2. The molecule has 20 heavy (non-hydrogen) atoms. The Hall–Kier alpha value is -1.74. The molecule has 0 saturated carbocycles. The molecule has 0 aliphatic heterocycles. The van der Waals surface area contributed by atoms with Crippen LogP contribution in [0.5, 0.6) is 5.75 Å². The first-order valence-corrected chi connectivity index (χ1v) is 8.46. The largest absolute Gasteiger partial charge is 0.427 e. The van der Waals surface area contributed by atoms with Crippen LogP contribution in [-0.2, 0) is 21.4 Å². The second-order valence-corrected chi connectivity index (χ2v) is 6.60. The fourth-order valence-corrected chi connectivity index (χ4v) is 3.31. The van der Waals surface area contributed by atoms with Crippen LogP contribution < -0.4 is 4.74 Å². The van der Waals surface area contributed by atoms with Crippen molar-refractivity contribution in [2.24, 2.45) is 0 Å². The van der Waals surface area contributed by atoms with Gasteiger partial charge in [-0.25, -0.2) is 0 Å². The third kappa shape index (κ3) is 4.14. The molecular formula is C17H19O2S+. The van der Waals surface area contributed by atoms with Crippen molar-refractivity contribution in [3.05, 3.63) is 60.2 Å². The highest BCUT2D eigenvalue weighted by Gasteiger charge is 2.16. The maximum Gasteiger partial charge on any atom is 0.310 e. The predicted molar refractivity (Wildman–Crippen MR) is 84.1 cm³/mol. The van der Waals surface area contributed by atoms with Gasteiger partial charge >= 0.3 is 5.97 Å². The summed E-state index contributed by atoms with van der Waals surface area (Å²) in [5.41, 5.74) is 1.35. The van der Waals surface area contributed by atoms with Gasteiger partial charge in [-0.05, 0) is 24.3 Å². The van der Waals surface area contributed by atoms with Crippen molar-refractivity contribution in [3.63, 3.8) is 0 Å². The minimum absolute atomic E-state index is 0.152. The summed E-state index contributed by atoms with van der Waals surface area (Å²) in [5.74, 6) is 1.46. The summed E-state index contributed by atoms with van der Waals surface area (Å²) >= 11 is 0. The molecule has 0 radical (unpaired) electrons. The van der Waals surface area contributed by atoms with Crippen LogP contribution in [0.25, 0.3) is 0 Å². The van der Waals surface area contributed by atoms with Gasteiger partial charge in [0.15, 0.2) is 4.90 Å². The molecule has 2 aromatic rings. The minimum atomic E-state index is -0.197. The first-order valence-electron chi connectivity index (χ1n) is 6.66. The second kappa shape index (κ2) is 7.15. The van der Waals surface area contributed by atoms with E-state index in [4.69, 9.17) is 4.74 Å². The molecule has 0 aliphatic rings. The Kier molecular flexibility index (Phi) is 5.24. The van der Waals surface area contributed by atoms with E-state index < -0.39 is 0 Å². The van der Waals surface area contributed by atoms with Crippen LogP contribution in [0.4, 0.5) is 0 Å². The number of rotatable bonds is 5. The quantitative estimate of drug-likeness (QED) is 0.475. The lowest BCUT2D eigenvalue weighted by atomic mass is 10.2. The standard InChI is InChI=1S/C17H19O2S/c1-3-17(18)19-15-9-11-16(12-10-15)20(2)13-14-7-5-4-6-8-14/h4-12H,3,13H2,1-2H3/q+1. The molecule has 0 heterocycles. The molecule has 104 valence electrons. The molecule has 0 aromatic heterocycles. The lowest BCUT2D eigenvalue weighted by Crippen LogP contribution is -2.06. The van der Waals surface area contributed by atoms with Crippen molar-refractivity contribution in [3.8, 4) is 5.75 Å². The zero-order valence-electron chi connectivity index (χ0n) is 11.8. The molecule has 0 bridgehead atoms. The number of ether oxygens (including phenoxy) is 1. The van der Waals surface area contributed by atoms with Crippen molar-refractivity contribution in [2.75, 3.05) is 6.26 Å². The van der Waals surface area contributed by atoms with Crippen molar-refractivity contribution >= 4 is 16.9 Å². The number of benzene rings is 2. The molecule has 0 amide bonds. The lowest BCUT2D eigenvalue weighted by Gasteiger charge is -2.05. The minimum Gasteiger partial charge on any atom is -0.427 e. The maximum atomic E-state index is 11.2. The van der Waals surface area contributed by atoms with Gasteiger partial charge < -0.3 is 4.74 Å². The Labute approximate surface area is 123 Å². The van der Waals surface area contributed by atoms with Crippen LogP contribution in [0, 0.1) is 0 Å². The normalized spacial score (nSPS) is 11.9. The molecule has 0 N–H and O–H groups in total. The summed E-state index contributed by atoms with van der Waals surface area (Å²) < 4.78 is 5.18. The molecule has 2 rings (SSSR count). The van der Waals surface area contributed by atoms with E-state index in [2.05, 4.69) is 30.5 Å². The monoisotopic (exact) mass is 287 g/mol. The lowest BCUT2D eigenvalue weighted by molar-refractivity contribution is -0.134. The van der Waals surface area contributed by atoms with E-state index in [-0.39, 0.29) is 16.9 Å². The number of hydrogen-bond donors (Lipinski definition) is 0. The van der Waals surface area contributed by atoms with Crippen molar-refractivity contribution in [2.45, 2.75) is 24.0 Å². The Morgan fingerprint density at radius 2 is 1.70 bits per heavy atom. The van der Waals surface area contributed by atoms with Gasteiger partial charge in [0.25, 0.3) is 0 Å². The fraction of sp³-hybridized carbons (Fsp3) is 0.235. The number of hydrogen-bond acceptors (Lipinski definition) is 2. The summed E-state index contributed by atoms with van der Waals surface area (Å²) in [5, 5.41) is 0. The van der Waals surface area contributed by atoms with Gasteiger partial charge in [-0.3, -0.25) is 4.79 Å². The van der Waals surface area contributed by atoms with E-state index in [0.29, 0.717) is 12.2 Å². The average Bonchev–Trinajstić information content (AvgIpc) is 2.49. The SMILES string of the molecule is CCC(=O)Oc1ccc([S+](C)Cc2ccccc2)cc1. The van der Waals surface area contributed by atoms with Gasteiger partial charge in [0.1, 0.15) is 17.8 Å². The fourth-order valence-electron chi connectivity index (χ4n) is 1.85. The highest BCUT2D eigenvalue weighted by molar-refractivity contribution is 7.95. The zero-order chi connectivity index (χ0) is 14.4. The molecule has 2 nitrogen and oxygen atoms in total. The number of carbonyl (C=O) groups excluding carboxylic acids is 1. The molecule has 1 unspecified atom stereocenters. The Bertz CT molecular complexity index is 549. The van der Waals surface area contributed by atoms with E-state index in [1.807, 2.05) is 30.3 Å². The molecule has 0 fully saturated rings. The van der Waals surface area contributed by atoms with Crippen molar-refractivity contribution < 1.29 is 9.53 Å². The van der Waals surface area contributed by atoms with E-state index in [1.54, 1.807) is 6.92 Å².